The summed E-state index contributed by atoms with van der Waals surface area (Å²) < 4.78 is 6.50. The van der Waals surface area contributed by atoms with Gasteiger partial charge < -0.3 is 9.32 Å². The number of hydrogen-bond donors (Lipinski definition) is 0. The van der Waals surface area contributed by atoms with Crippen molar-refractivity contribution in [2.45, 2.75) is 0 Å². The predicted molar refractivity (Wildman–Crippen MR) is 175 cm³/mol. The Morgan fingerprint density at radius 2 is 1.10 bits per heavy atom. The zero-order chi connectivity index (χ0) is 27.9. The van der Waals surface area contributed by atoms with E-state index in [9.17, 15) is 0 Å². The molecule has 198 valence electrons. The number of aromatic nitrogens is 1. The van der Waals surface area contributed by atoms with Gasteiger partial charge in [0.05, 0.1) is 11.1 Å². The second-order valence-corrected chi connectivity index (χ2v) is 10.5. The van der Waals surface area contributed by atoms with Crippen molar-refractivity contribution < 1.29 is 4.42 Å². The quantitative estimate of drug-likeness (QED) is 0.218. The first-order valence-corrected chi connectivity index (χ1v) is 14.1. The lowest BCUT2D eigenvalue weighted by Crippen LogP contribution is -2.10. The summed E-state index contributed by atoms with van der Waals surface area (Å²) in [5.41, 5.74) is 8.15. The first kappa shape index (κ1) is 24.2. The summed E-state index contributed by atoms with van der Waals surface area (Å²) in [6.45, 7) is 0. The van der Waals surface area contributed by atoms with E-state index in [1.165, 1.54) is 21.9 Å². The van der Waals surface area contributed by atoms with E-state index in [1.807, 2.05) is 42.5 Å². The molecule has 0 N–H and O–H groups in total. The maximum Gasteiger partial charge on any atom is 0.227 e. The number of fused-ring (bicyclic) bond motifs is 4. The minimum absolute atomic E-state index is 0.624. The van der Waals surface area contributed by atoms with Crippen molar-refractivity contribution in [1.29, 1.82) is 0 Å². The van der Waals surface area contributed by atoms with E-state index in [-0.39, 0.29) is 0 Å². The molecule has 0 atom stereocenters. The second-order valence-electron chi connectivity index (χ2n) is 10.5. The molecule has 0 aliphatic heterocycles. The second kappa shape index (κ2) is 10.1. The van der Waals surface area contributed by atoms with Gasteiger partial charge in [0.15, 0.2) is 5.58 Å². The fourth-order valence-corrected chi connectivity index (χ4v) is 5.80. The van der Waals surface area contributed by atoms with Crippen molar-refractivity contribution in [3.8, 4) is 22.6 Å². The number of hydrogen-bond acceptors (Lipinski definition) is 3. The molecular weight excluding hydrogens is 512 g/mol. The van der Waals surface area contributed by atoms with Crippen LogP contribution in [0.25, 0.3) is 55.2 Å². The van der Waals surface area contributed by atoms with Crippen LogP contribution in [0.15, 0.2) is 162 Å². The Balaban J connectivity index is 1.29. The molecule has 8 rings (SSSR count). The standard InChI is InChI=1S/C39H26N2O/c1-3-11-30(12-4-1)39-40-35-25-22-29-14-9-17-36(37(29)38(35)42-39)41(33-15-5-2-6-16-33)34-23-20-28(21-24-34)32-19-18-27-10-7-8-13-31(27)26-32/h1-26H. The third kappa shape index (κ3) is 4.20. The van der Waals surface area contributed by atoms with Crippen LogP contribution in [0.1, 0.15) is 0 Å². The van der Waals surface area contributed by atoms with E-state index < -0.39 is 0 Å². The third-order valence-electron chi connectivity index (χ3n) is 7.86. The molecule has 3 heteroatoms. The first-order valence-electron chi connectivity index (χ1n) is 14.1. The van der Waals surface area contributed by atoms with Gasteiger partial charge in [-0.05, 0) is 81.9 Å². The van der Waals surface area contributed by atoms with Gasteiger partial charge >= 0.3 is 0 Å². The molecule has 0 saturated heterocycles. The van der Waals surface area contributed by atoms with Crippen LogP contribution in [0, 0.1) is 0 Å². The highest BCUT2D eigenvalue weighted by Gasteiger charge is 2.20. The average molecular weight is 539 g/mol. The monoisotopic (exact) mass is 538 g/mol. The number of para-hydroxylation sites is 1. The van der Waals surface area contributed by atoms with Gasteiger partial charge in [-0.25, -0.2) is 4.98 Å². The molecule has 0 aliphatic rings. The van der Waals surface area contributed by atoms with Gasteiger partial charge in [-0.1, -0.05) is 103 Å². The lowest BCUT2D eigenvalue weighted by molar-refractivity contribution is 0.623. The fourth-order valence-electron chi connectivity index (χ4n) is 5.80. The molecule has 0 saturated carbocycles. The average Bonchev–Trinajstić information content (AvgIpc) is 3.51. The number of oxazole rings is 1. The van der Waals surface area contributed by atoms with Crippen LogP contribution in [0.3, 0.4) is 0 Å². The highest BCUT2D eigenvalue weighted by atomic mass is 16.3. The Kier molecular flexibility index (Phi) is 5.79. The summed E-state index contributed by atoms with van der Waals surface area (Å²) in [7, 11) is 0. The number of anilines is 3. The molecule has 0 spiro atoms. The highest BCUT2D eigenvalue weighted by molar-refractivity contribution is 6.12. The maximum absolute atomic E-state index is 6.50. The predicted octanol–water partition coefficient (Wildman–Crippen LogP) is 10.9. The van der Waals surface area contributed by atoms with Gasteiger partial charge in [-0.15, -0.1) is 0 Å². The Bertz CT molecular complexity index is 2180. The molecule has 7 aromatic carbocycles. The van der Waals surface area contributed by atoms with Gasteiger partial charge in [0.1, 0.15) is 5.52 Å². The van der Waals surface area contributed by atoms with Crippen LogP contribution >= 0.6 is 0 Å². The first-order chi connectivity index (χ1) is 20.8. The molecule has 42 heavy (non-hydrogen) atoms. The van der Waals surface area contributed by atoms with Crippen molar-refractivity contribution in [2.24, 2.45) is 0 Å². The van der Waals surface area contributed by atoms with E-state index in [4.69, 9.17) is 9.40 Å². The molecule has 3 nitrogen and oxygen atoms in total. The molecule has 1 heterocycles. The van der Waals surface area contributed by atoms with Crippen molar-refractivity contribution in [1.82, 2.24) is 4.98 Å². The van der Waals surface area contributed by atoms with E-state index in [0.717, 1.165) is 44.5 Å². The minimum atomic E-state index is 0.624. The zero-order valence-corrected chi connectivity index (χ0v) is 22.8. The van der Waals surface area contributed by atoms with Crippen molar-refractivity contribution in [3.05, 3.63) is 158 Å². The SMILES string of the molecule is c1ccc(-c2nc3ccc4cccc(N(c5ccccc5)c5ccc(-c6ccc7ccccc7c6)cc5)c4c3o2)cc1. The Labute approximate surface area is 243 Å². The molecular formula is C39H26N2O. The molecule has 0 radical (unpaired) electrons. The number of nitrogens with zero attached hydrogens (tertiary/aromatic N) is 2. The Morgan fingerprint density at radius 3 is 1.90 bits per heavy atom. The molecule has 0 unspecified atom stereocenters. The van der Waals surface area contributed by atoms with Crippen LogP contribution in [0.5, 0.6) is 0 Å². The van der Waals surface area contributed by atoms with E-state index in [1.54, 1.807) is 0 Å². The third-order valence-corrected chi connectivity index (χ3v) is 7.86. The number of benzene rings is 7. The smallest absolute Gasteiger partial charge is 0.227 e. The molecule has 0 fully saturated rings. The maximum atomic E-state index is 6.50. The van der Waals surface area contributed by atoms with Crippen molar-refractivity contribution >= 4 is 49.7 Å². The van der Waals surface area contributed by atoms with E-state index in [0.29, 0.717) is 5.89 Å². The normalized spacial score (nSPS) is 11.3. The lowest BCUT2D eigenvalue weighted by atomic mass is 10.0. The molecule has 0 bridgehead atoms. The Morgan fingerprint density at radius 1 is 0.452 bits per heavy atom. The van der Waals surface area contributed by atoms with Crippen LogP contribution in [-0.4, -0.2) is 4.98 Å². The van der Waals surface area contributed by atoms with Crippen LogP contribution in [-0.2, 0) is 0 Å². The molecule has 0 aliphatic carbocycles. The summed E-state index contributed by atoms with van der Waals surface area (Å²) in [6.07, 6.45) is 0. The van der Waals surface area contributed by atoms with E-state index >= 15 is 0 Å². The zero-order valence-electron chi connectivity index (χ0n) is 22.8. The van der Waals surface area contributed by atoms with Gasteiger partial charge in [0, 0.05) is 16.9 Å². The summed E-state index contributed by atoms with van der Waals surface area (Å²) in [6, 6.07) is 55.1. The van der Waals surface area contributed by atoms with Crippen molar-refractivity contribution in [2.75, 3.05) is 4.90 Å². The van der Waals surface area contributed by atoms with Gasteiger partial charge in [-0.3, -0.25) is 0 Å². The molecule has 0 amide bonds. The number of rotatable bonds is 5. The van der Waals surface area contributed by atoms with Crippen molar-refractivity contribution in [3.63, 3.8) is 0 Å². The van der Waals surface area contributed by atoms with Gasteiger partial charge in [0.25, 0.3) is 0 Å². The summed E-state index contributed by atoms with van der Waals surface area (Å²) in [4.78, 5) is 7.16. The summed E-state index contributed by atoms with van der Waals surface area (Å²) >= 11 is 0. The molecule has 1 aromatic heterocycles. The van der Waals surface area contributed by atoms with Crippen LogP contribution < -0.4 is 4.90 Å². The summed E-state index contributed by atoms with van der Waals surface area (Å²) in [5.74, 6) is 0.624. The topological polar surface area (TPSA) is 29.3 Å². The van der Waals surface area contributed by atoms with Gasteiger partial charge in [0.2, 0.25) is 5.89 Å². The minimum Gasteiger partial charge on any atom is -0.435 e. The largest absolute Gasteiger partial charge is 0.435 e. The van der Waals surface area contributed by atoms with Gasteiger partial charge in [-0.2, -0.15) is 0 Å². The van der Waals surface area contributed by atoms with Crippen LogP contribution in [0.4, 0.5) is 17.1 Å². The lowest BCUT2D eigenvalue weighted by Gasteiger charge is -2.27. The summed E-state index contributed by atoms with van der Waals surface area (Å²) in [5, 5.41) is 4.63. The highest BCUT2D eigenvalue weighted by Crippen LogP contribution is 2.42. The van der Waals surface area contributed by atoms with E-state index in [2.05, 4.69) is 120 Å². The molecule has 8 aromatic rings. The Hall–Kier alpha value is -5.67. The fraction of sp³-hybridized carbons (Fsp3) is 0. The van der Waals surface area contributed by atoms with Crippen LogP contribution in [0.2, 0.25) is 0 Å².